The molecule has 0 unspecified atom stereocenters. The van der Waals surface area contributed by atoms with Crippen molar-refractivity contribution >= 4 is 18.0 Å². The molecule has 1 aliphatic heterocycles. The van der Waals surface area contributed by atoms with E-state index in [-0.39, 0.29) is 38.1 Å². The molecule has 0 bridgehead atoms. The van der Waals surface area contributed by atoms with Crippen LogP contribution in [0.2, 0.25) is 0 Å². The summed E-state index contributed by atoms with van der Waals surface area (Å²) in [7, 11) is 0. The van der Waals surface area contributed by atoms with Gasteiger partial charge in [-0.1, -0.05) is 78.9 Å². The molecule has 5 rings (SSSR count). The van der Waals surface area contributed by atoms with Gasteiger partial charge in [0.25, 0.3) is 5.91 Å². The number of esters is 1. The van der Waals surface area contributed by atoms with Crippen molar-refractivity contribution in [1.82, 2.24) is 9.80 Å². The quantitative estimate of drug-likeness (QED) is 0.156. The molecule has 0 aromatic heterocycles. The number of hydrogen-bond donors (Lipinski definition) is 0. The molecule has 0 aliphatic carbocycles. The molecule has 0 radical (unpaired) electrons. The van der Waals surface area contributed by atoms with Gasteiger partial charge in [-0.25, -0.2) is 4.79 Å². The molecule has 4 aromatic rings. The topological polar surface area (TPSA) is 76.2 Å². The molecule has 262 valence electrons. The number of likely N-dealkylation sites (tertiary alicyclic amines) is 1. The van der Waals surface area contributed by atoms with E-state index in [0.717, 1.165) is 35.2 Å². The van der Waals surface area contributed by atoms with Crippen LogP contribution in [0.1, 0.15) is 61.5 Å². The van der Waals surface area contributed by atoms with Crippen LogP contribution in [0.25, 0.3) is 22.3 Å². The third-order valence-electron chi connectivity index (χ3n) is 8.48. The third-order valence-corrected chi connectivity index (χ3v) is 8.48. The van der Waals surface area contributed by atoms with Gasteiger partial charge in [-0.15, -0.1) is 0 Å². The number of carbonyl (C=O) groups excluding carboxylic acids is 3. The van der Waals surface area contributed by atoms with Crippen molar-refractivity contribution in [2.24, 2.45) is 0 Å². The van der Waals surface area contributed by atoms with Gasteiger partial charge in [-0.3, -0.25) is 9.59 Å². The molecule has 1 aliphatic rings. The zero-order chi connectivity index (χ0) is 35.9. The maximum Gasteiger partial charge on any atom is 0.416 e. The molecular formula is C40H41F3N2O5. The molecular weight excluding hydrogens is 645 g/mol. The van der Waals surface area contributed by atoms with Crippen LogP contribution in [-0.2, 0) is 27.1 Å². The van der Waals surface area contributed by atoms with Gasteiger partial charge >= 0.3 is 18.2 Å². The van der Waals surface area contributed by atoms with E-state index >= 15 is 0 Å². The van der Waals surface area contributed by atoms with Gasteiger partial charge in [0.05, 0.1) is 18.0 Å². The minimum Gasteiger partial charge on any atom is -0.461 e. The fraction of sp³-hybridized carbons (Fsp3) is 0.325. The predicted molar refractivity (Wildman–Crippen MR) is 185 cm³/mol. The molecule has 1 saturated heterocycles. The zero-order valence-corrected chi connectivity index (χ0v) is 28.4. The number of rotatable bonds is 10. The van der Waals surface area contributed by atoms with E-state index in [0.29, 0.717) is 29.7 Å². The van der Waals surface area contributed by atoms with Crippen LogP contribution >= 0.6 is 0 Å². The van der Waals surface area contributed by atoms with Crippen molar-refractivity contribution in [2.75, 3.05) is 19.6 Å². The highest BCUT2D eigenvalue weighted by Gasteiger charge is 2.35. The molecule has 7 nitrogen and oxygen atoms in total. The Labute approximate surface area is 290 Å². The van der Waals surface area contributed by atoms with Crippen molar-refractivity contribution in [1.29, 1.82) is 0 Å². The van der Waals surface area contributed by atoms with Crippen LogP contribution in [0, 0.1) is 0 Å². The second-order valence-corrected chi connectivity index (χ2v) is 13.3. The van der Waals surface area contributed by atoms with Gasteiger partial charge in [-0.2, -0.15) is 13.2 Å². The third kappa shape index (κ3) is 9.52. The van der Waals surface area contributed by atoms with E-state index < -0.39 is 29.4 Å². The van der Waals surface area contributed by atoms with E-state index in [2.05, 4.69) is 0 Å². The molecule has 1 atom stereocenters. The van der Waals surface area contributed by atoms with E-state index in [1.54, 1.807) is 54.8 Å². The first-order chi connectivity index (χ1) is 23.8. The average Bonchev–Trinajstić information content (AvgIpc) is 3.57. The summed E-state index contributed by atoms with van der Waals surface area (Å²) in [5.74, 6) is -0.819. The highest BCUT2D eigenvalue weighted by molar-refractivity contribution is 5.95. The summed E-state index contributed by atoms with van der Waals surface area (Å²) in [6, 6.07) is 28.6. The Kier molecular flexibility index (Phi) is 11.3. The predicted octanol–water partition coefficient (Wildman–Crippen LogP) is 9.01. The first-order valence-corrected chi connectivity index (χ1v) is 16.6. The second kappa shape index (κ2) is 15.6. The molecule has 50 heavy (non-hydrogen) atoms. The largest absolute Gasteiger partial charge is 0.461 e. The Morgan fingerprint density at radius 2 is 1.42 bits per heavy atom. The second-order valence-electron chi connectivity index (χ2n) is 13.3. The highest BCUT2D eigenvalue weighted by Crippen LogP contribution is 2.31. The number of carbonyl (C=O) groups is 3. The van der Waals surface area contributed by atoms with Crippen LogP contribution in [0.4, 0.5) is 18.0 Å². The summed E-state index contributed by atoms with van der Waals surface area (Å²) in [5.41, 5.74) is 2.96. The number of alkyl halides is 3. The van der Waals surface area contributed by atoms with E-state index in [4.69, 9.17) is 9.47 Å². The van der Waals surface area contributed by atoms with Crippen LogP contribution in [0.15, 0.2) is 103 Å². The Balaban J connectivity index is 1.30. The van der Waals surface area contributed by atoms with Gasteiger partial charge in [0.1, 0.15) is 12.2 Å². The lowest BCUT2D eigenvalue weighted by Crippen LogP contribution is -2.47. The normalized spacial score (nSPS) is 14.7. The summed E-state index contributed by atoms with van der Waals surface area (Å²) in [4.78, 5) is 43.2. The standard InChI is InChI=1S/C40H41F3N2O5/c1-39(2,3)50-38(48)45-24-9-13-34(45)26-44(25-23-36(46)49-27-32-12-7-8-14-35(32)30-10-5-4-6-11-30)37(47)31-17-15-28(16-18-31)29-19-21-33(22-20-29)40(41,42)43/h4-8,10-12,14-22,34H,9,13,23-27H2,1-3H3/t34-/m0/s1. The summed E-state index contributed by atoms with van der Waals surface area (Å²) >= 11 is 0. The van der Waals surface area contributed by atoms with Crippen molar-refractivity contribution in [3.63, 3.8) is 0 Å². The fourth-order valence-corrected chi connectivity index (χ4v) is 5.96. The minimum absolute atomic E-state index is 0.0529. The first-order valence-electron chi connectivity index (χ1n) is 16.6. The van der Waals surface area contributed by atoms with Gasteiger partial charge in [-0.05, 0) is 85.7 Å². The van der Waals surface area contributed by atoms with Crippen molar-refractivity contribution in [3.8, 4) is 22.3 Å². The Morgan fingerprint density at radius 3 is 2.06 bits per heavy atom. The molecule has 2 amide bonds. The Bertz CT molecular complexity index is 1770. The van der Waals surface area contributed by atoms with Crippen molar-refractivity contribution < 1.29 is 37.0 Å². The number of nitrogens with zero attached hydrogens (tertiary/aromatic N) is 2. The van der Waals surface area contributed by atoms with Crippen molar-refractivity contribution in [2.45, 2.75) is 64.5 Å². The molecule has 0 N–H and O–H groups in total. The molecule has 4 aromatic carbocycles. The summed E-state index contributed by atoms with van der Waals surface area (Å²) in [6.07, 6.45) is -3.55. The Morgan fingerprint density at radius 1 is 0.800 bits per heavy atom. The molecule has 0 saturated carbocycles. The first kappa shape index (κ1) is 36.2. The Hall–Kier alpha value is -5.12. The number of benzene rings is 4. The van der Waals surface area contributed by atoms with Gasteiger partial charge in [0.2, 0.25) is 0 Å². The molecule has 0 spiro atoms. The summed E-state index contributed by atoms with van der Waals surface area (Å²) < 4.78 is 50.4. The monoisotopic (exact) mass is 686 g/mol. The van der Waals surface area contributed by atoms with Gasteiger partial charge in [0, 0.05) is 25.2 Å². The summed E-state index contributed by atoms with van der Waals surface area (Å²) in [6.45, 7) is 6.18. The lowest BCUT2D eigenvalue weighted by Gasteiger charge is -2.32. The van der Waals surface area contributed by atoms with Crippen molar-refractivity contribution in [3.05, 3.63) is 120 Å². The smallest absolute Gasteiger partial charge is 0.416 e. The SMILES string of the molecule is CC(C)(C)OC(=O)N1CCC[C@H]1CN(CCC(=O)OCc1ccccc1-c1ccccc1)C(=O)c1ccc(-c2ccc(C(F)(F)F)cc2)cc1. The van der Waals surface area contributed by atoms with Crippen LogP contribution in [0.5, 0.6) is 0 Å². The zero-order valence-electron chi connectivity index (χ0n) is 28.4. The number of ether oxygens (including phenoxy) is 2. The maximum absolute atomic E-state index is 13.9. The van der Waals surface area contributed by atoms with E-state index in [9.17, 15) is 27.6 Å². The van der Waals surface area contributed by atoms with Gasteiger partial charge in [0.15, 0.2) is 0 Å². The highest BCUT2D eigenvalue weighted by atomic mass is 19.4. The lowest BCUT2D eigenvalue weighted by atomic mass is 10.0. The van der Waals surface area contributed by atoms with E-state index in [1.165, 1.54) is 12.1 Å². The number of hydrogen-bond acceptors (Lipinski definition) is 5. The van der Waals surface area contributed by atoms with Gasteiger partial charge < -0.3 is 19.3 Å². The minimum atomic E-state index is -4.43. The van der Waals surface area contributed by atoms with Crippen LogP contribution in [0.3, 0.4) is 0 Å². The number of halogens is 3. The molecule has 1 heterocycles. The number of amides is 2. The summed E-state index contributed by atoms with van der Waals surface area (Å²) in [5, 5.41) is 0. The van der Waals surface area contributed by atoms with E-state index in [1.807, 2.05) is 54.6 Å². The molecule has 10 heteroatoms. The fourth-order valence-electron chi connectivity index (χ4n) is 5.96. The average molecular weight is 687 g/mol. The maximum atomic E-state index is 13.9. The van der Waals surface area contributed by atoms with Crippen LogP contribution < -0.4 is 0 Å². The molecule has 1 fully saturated rings. The van der Waals surface area contributed by atoms with Crippen LogP contribution in [-0.4, -0.2) is 59.0 Å². The lowest BCUT2D eigenvalue weighted by molar-refractivity contribution is -0.145.